The second-order valence-corrected chi connectivity index (χ2v) is 12.0. The Hall–Kier alpha value is -3.96. The first-order chi connectivity index (χ1) is 17.6. The number of hydrogen-bond acceptors (Lipinski definition) is 6. The Kier molecular flexibility index (Phi) is 6.57. The summed E-state index contributed by atoms with van der Waals surface area (Å²) >= 11 is 5.97. The molecule has 172 valence electrons. The van der Waals surface area contributed by atoms with E-state index in [0.717, 1.165) is 43.5 Å². The second-order valence-electron chi connectivity index (χ2n) is 7.71. The number of aromatic nitrogens is 1. The number of nitriles is 2. The van der Waals surface area contributed by atoms with Gasteiger partial charge in [0.25, 0.3) is 0 Å². The van der Waals surface area contributed by atoms with Gasteiger partial charge in [-0.25, -0.2) is 9.69 Å². The molecule has 0 bridgehead atoms. The number of aryl methyl sites for hydroxylation is 1. The molecule has 0 atom stereocenters. The summed E-state index contributed by atoms with van der Waals surface area (Å²) in [6.07, 6.45) is 4.79. The van der Waals surface area contributed by atoms with Crippen LogP contribution in [0.15, 0.2) is 36.4 Å². The van der Waals surface area contributed by atoms with Crippen LogP contribution in [0.4, 0.5) is 5.00 Å². The molecule has 5 aromatic rings. The normalized spacial score (nSPS) is 11.9. The molecule has 0 aromatic carbocycles. The lowest BCUT2D eigenvalue weighted by Crippen LogP contribution is -1.94. The van der Waals surface area contributed by atoms with Gasteiger partial charge in [-0.05, 0) is 42.8 Å². The maximum Gasteiger partial charge on any atom is 0.241 e. The molecule has 0 N–H and O–H groups in total. The minimum absolute atomic E-state index is 0.534. The average Bonchev–Trinajstić information content (AvgIpc) is 3.70. The van der Waals surface area contributed by atoms with E-state index in [4.69, 9.17) is 18.4 Å². The van der Waals surface area contributed by atoms with Crippen molar-refractivity contribution in [3.05, 3.63) is 83.6 Å². The molecule has 5 nitrogen and oxygen atoms in total. The van der Waals surface area contributed by atoms with Gasteiger partial charge in [-0.15, -0.1) is 34.0 Å². The summed E-state index contributed by atoms with van der Waals surface area (Å²) in [4.78, 5) is 11.4. The molecule has 0 aliphatic heterocycles. The van der Waals surface area contributed by atoms with Gasteiger partial charge in [0, 0.05) is 26.1 Å². The molecule has 0 fully saturated rings. The highest BCUT2D eigenvalue weighted by atomic mass is 32.1. The van der Waals surface area contributed by atoms with Crippen LogP contribution in [0.5, 0.6) is 0 Å². The highest BCUT2D eigenvalue weighted by molar-refractivity contribution is 7.28. The van der Waals surface area contributed by atoms with Gasteiger partial charge < -0.3 is 4.57 Å². The Labute approximate surface area is 224 Å². The van der Waals surface area contributed by atoms with Crippen molar-refractivity contribution in [3.8, 4) is 12.1 Å². The first-order valence-corrected chi connectivity index (χ1v) is 14.1. The molecule has 0 unspecified atom stereocenters. The van der Waals surface area contributed by atoms with Gasteiger partial charge in [-0.1, -0.05) is 19.1 Å². The van der Waals surface area contributed by atoms with Crippen molar-refractivity contribution >= 4 is 94.2 Å². The third kappa shape index (κ3) is 4.27. The number of nitrogens with zero attached hydrogens (tertiary/aromatic N) is 5. The van der Waals surface area contributed by atoms with Crippen LogP contribution in [-0.4, -0.2) is 4.57 Å². The van der Waals surface area contributed by atoms with Crippen molar-refractivity contribution in [1.29, 1.82) is 10.5 Å². The van der Waals surface area contributed by atoms with Gasteiger partial charge in [0.15, 0.2) is 0 Å². The van der Waals surface area contributed by atoms with E-state index in [1.807, 2.05) is 24.3 Å². The molecule has 36 heavy (non-hydrogen) atoms. The maximum atomic E-state index is 9.75. The largest absolute Gasteiger partial charge is 0.339 e. The van der Waals surface area contributed by atoms with Crippen molar-refractivity contribution in [2.45, 2.75) is 19.9 Å². The smallest absolute Gasteiger partial charge is 0.241 e. The monoisotopic (exact) mass is 537 g/mol. The van der Waals surface area contributed by atoms with E-state index in [2.05, 4.69) is 45.5 Å². The number of rotatable bonds is 6. The minimum Gasteiger partial charge on any atom is -0.339 e. The molecule has 0 saturated heterocycles. The predicted molar refractivity (Wildman–Crippen MR) is 153 cm³/mol. The fourth-order valence-electron chi connectivity index (χ4n) is 3.92. The van der Waals surface area contributed by atoms with Crippen molar-refractivity contribution in [1.82, 2.24) is 4.57 Å². The standard InChI is InChI=1S/C27H15N5S4/c1-4-9-32-21-12-18(10-16(14-28)23-7-8-25(31-3)36-23)34-26(21)27-22(32)13-19(35-27)11-20(30-2)24-6-5-17(15-29)33-24/h5-8,10-13H,4,9H2,1H3/b16-10+,20-11-. The van der Waals surface area contributed by atoms with Crippen LogP contribution < -0.4 is 0 Å². The summed E-state index contributed by atoms with van der Waals surface area (Å²) in [5, 5.41) is 19.4. The molecule has 0 aliphatic rings. The number of thiophene rings is 4. The number of fused-ring (bicyclic) bond motifs is 3. The second kappa shape index (κ2) is 9.96. The van der Waals surface area contributed by atoms with E-state index in [1.54, 1.807) is 34.8 Å². The van der Waals surface area contributed by atoms with Crippen molar-refractivity contribution in [2.75, 3.05) is 0 Å². The van der Waals surface area contributed by atoms with Crippen molar-refractivity contribution in [3.63, 3.8) is 0 Å². The van der Waals surface area contributed by atoms with Crippen LogP contribution in [0, 0.1) is 35.8 Å². The van der Waals surface area contributed by atoms with Gasteiger partial charge in [-0.3, -0.25) is 0 Å². The van der Waals surface area contributed by atoms with Gasteiger partial charge >= 0.3 is 0 Å². The van der Waals surface area contributed by atoms with Crippen molar-refractivity contribution < 1.29 is 0 Å². The maximum absolute atomic E-state index is 9.75. The number of hydrogen-bond donors (Lipinski definition) is 0. The molecule has 0 aliphatic carbocycles. The molecule has 0 amide bonds. The van der Waals surface area contributed by atoms with Crippen LogP contribution >= 0.6 is 45.3 Å². The van der Waals surface area contributed by atoms with Crippen LogP contribution in [0.25, 0.3) is 53.5 Å². The minimum atomic E-state index is 0.534. The Morgan fingerprint density at radius 1 is 0.944 bits per heavy atom. The zero-order valence-electron chi connectivity index (χ0n) is 18.9. The van der Waals surface area contributed by atoms with E-state index >= 15 is 0 Å². The first-order valence-electron chi connectivity index (χ1n) is 10.8. The summed E-state index contributed by atoms with van der Waals surface area (Å²) in [7, 11) is 0. The van der Waals surface area contributed by atoms with Crippen LogP contribution in [0.3, 0.4) is 0 Å². The molecule has 0 saturated carbocycles. The van der Waals surface area contributed by atoms with E-state index in [0.29, 0.717) is 21.1 Å². The van der Waals surface area contributed by atoms with Gasteiger partial charge in [0.1, 0.15) is 17.0 Å². The summed E-state index contributed by atoms with van der Waals surface area (Å²) < 4.78 is 4.66. The topological polar surface area (TPSA) is 61.2 Å². The molecule has 5 heterocycles. The molecule has 9 heteroatoms. The first kappa shape index (κ1) is 23.8. The lowest BCUT2D eigenvalue weighted by atomic mass is 10.2. The molecule has 5 rings (SSSR count). The molecular formula is C27H15N5S4. The fraction of sp³-hybridized carbons (Fsp3) is 0.111. The summed E-state index contributed by atoms with van der Waals surface area (Å²) in [5.41, 5.74) is 3.39. The third-order valence-corrected chi connectivity index (χ3v) is 9.77. The van der Waals surface area contributed by atoms with Crippen molar-refractivity contribution in [2.24, 2.45) is 0 Å². The third-order valence-electron chi connectivity index (χ3n) is 5.44. The summed E-state index contributed by atoms with van der Waals surface area (Å²) in [6, 6.07) is 15.9. The molecular weight excluding hydrogens is 523 g/mol. The Balaban J connectivity index is 1.60. The van der Waals surface area contributed by atoms with Crippen LogP contribution in [-0.2, 0) is 6.54 Å². The number of allylic oxidation sites excluding steroid dienone is 1. The average molecular weight is 538 g/mol. The zero-order chi connectivity index (χ0) is 25.2. The SMILES string of the molecule is [C-]#[N+]/C(=C\c1cc2c(s1)c1sc(/C=C(\C#N)c3ccc([N+]#[C-])s3)cc1n2CCC)c1ccc(C#N)s1. The fourth-order valence-corrected chi connectivity index (χ4v) is 7.80. The van der Waals surface area contributed by atoms with Gasteiger partial charge in [0.2, 0.25) is 10.7 Å². The quantitative estimate of drug-likeness (QED) is 0.160. The Morgan fingerprint density at radius 2 is 1.64 bits per heavy atom. The summed E-state index contributed by atoms with van der Waals surface area (Å²) in [5.74, 6) is 0. The van der Waals surface area contributed by atoms with Crippen LogP contribution in [0.2, 0.25) is 0 Å². The Morgan fingerprint density at radius 3 is 2.19 bits per heavy atom. The zero-order valence-corrected chi connectivity index (χ0v) is 22.2. The molecule has 0 radical (unpaired) electrons. The molecule has 5 aromatic heterocycles. The predicted octanol–water partition coefficient (Wildman–Crippen LogP) is 9.35. The highest BCUT2D eigenvalue weighted by Crippen LogP contribution is 2.42. The lowest BCUT2D eigenvalue weighted by Gasteiger charge is -2.02. The van der Waals surface area contributed by atoms with E-state index < -0.39 is 0 Å². The highest BCUT2D eigenvalue weighted by Gasteiger charge is 2.18. The Bertz CT molecular complexity index is 1720. The van der Waals surface area contributed by atoms with E-state index in [1.165, 1.54) is 32.1 Å². The lowest BCUT2D eigenvalue weighted by molar-refractivity contribution is 0.724. The van der Waals surface area contributed by atoms with E-state index in [9.17, 15) is 5.26 Å². The van der Waals surface area contributed by atoms with Gasteiger partial charge in [-0.2, -0.15) is 21.9 Å². The molecule has 0 spiro atoms. The summed E-state index contributed by atoms with van der Waals surface area (Å²) in [6.45, 7) is 17.9. The van der Waals surface area contributed by atoms with E-state index in [-0.39, 0.29) is 0 Å². The van der Waals surface area contributed by atoms with Crippen LogP contribution in [0.1, 0.15) is 37.7 Å². The van der Waals surface area contributed by atoms with Gasteiger partial charge in [0.05, 0.1) is 39.2 Å².